The lowest BCUT2D eigenvalue weighted by Gasteiger charge is -2.21. The summed E-state index contributed by atoms with van der Waals surface area (Å²) in [5.41, 5.74) is 2.85. The third-order valence-electron chi connectivity index (χ3n) is 5.91. The zero-order valence-corrected chi connectivity index (χ0v) is 18.5. The molecule has 0 aliphatic carbocycles. The second-order valence-corrected chi connectivity index (χ2v) is 10.5. The van der Waals surface area contributed by atoms with Crippen LogP contribution >= 0.6 is 11.6 Å². The van der Waals surface area contributed by atoms with Crippen molar-refractivity contribution in [2.45, 2.75) is 31.6 Å². The molecule has 0 spiro atoms. The quantitative estimate of drug-likeness (QED) is 0.599. The first-order valence-electron chi connectivity index (χ1n) is 10.2. The molecule has 1 atom stereocenters. The average molecular weight is 445 g/mol. The molecule has 2 heterocycles. The van der Waals surface area contributed by atoms with E-state index in [1.54, 1.807) is 29.2 Å². The Morgan fingerprint density at radius 3 is 2.63 bits per heavy atom. The van der Waals surface area contributed by atoms with Crippen LogP contribution in [0.4, 0.5) is 0 Å². The van der Waals surface area contributed by atoms with Crippen LogP contribution in [0.3, 0.4) is 0 Å². The molecule has 5 nitrogen and oxygen atoms in total. The summed E-state index contributed by atoms with van der Waals surface area (Å²) in [7, 11) is -3.38. The molecule has 1 aliphatic heterocycles. The summed E-state index contributed by atoms with van der Waals surface area (Å²) < 4.78 is 27.9. The number of carbonyl (C=O) groups is 1. The van der Waals surface area contributed by atoms with Crippen LogP contribution in [-0.2, 0) is 21.2 Å². The number of hydrogen-bond acceptors (Lipinski definition) is 3. The smallest absolute Gasteiger partial charge is 0.224 e. The normalized spacial score (nSPS) is 19.0. The summed E-state index contributed by atoms with van der Waals surface area (Å²) >= 11 is 6.26. The van der Waals surface area contributed by atoms with E-state index in [1.165, 1.54) is 0 Å². The van der Waals surface area contributed by atoms with Gasteiger partial charge in [-0.05, 0) is 42.5 Å². The van der Waals surface area contributed by atoms with Crippen LogP contribution in [0.2, 0.25) is 5.02 Å². The molecule has 0 saturated carbocycles. The van der Waals surface area contributed by atoms with Crippen molar-refractivity contribution in [1.29, 1.82) is 0 Å². The van der Waals surface area contributed by atoms with Gasteiger partial charge in [0, 0.05) is 42.3 Å². The molecule has 3 aromatic rings. The number of amides is 1. The standard InChI is InChI=1S/C23H25ClN2O3S/c1-17-16-18-6-2-5-9-21(18)26(17)13-11-23(27)25-12-10-22(30(28,29)15-14-25)19-7-3-4-8-20(19)24/h2-9,16,22H,10-15H2,1H3/t22-/m0/s1. The third-order valence-corrected chi connectivity index (χ3v) is 8.36. The molecule has 7 heteroatoms. The van der Waals surface area contributed by atoms with Gasteiger partial charge in [-0.3, -0.25) is 4.79 Å². The molecule has 158 valence electrons. The van der Waals surface area contributed by atoms with Gasteiger partial charge in [-0.1, -0.05) is 48.0 Å². The zero-order chi connectivity index (χ0) is 21.3. The van der Waals surface area contributed by atoms with Gasteiger partial charge in [-0.25, -0.2) is 8.42 Å². The molecule has 1 aromatic heterocycles. The van der Waals surface area contributed by atoms with Crippen molar-refractivity contribution in [3.63, 3.8) is 0 Å². The highest BCUT2D eigenvalue weighted by Crippen LogP contribution is 2.34. The lowest BCUT2D eigenvalue weighted by Crippen LogP contribution is -2.34. The van der Waals surface area contributed by atoms with Crippen LogP contribution in [0.5, 0.6) is 0 Å². The van der Waals surface area contributed by atoms with Crippen LogP contribution in [0.25, 0.3) is 10.9 Å². The SMILES string of the molecule is Cc1cc2ccccc2n1CCC(=O)N1CC[C@@H](c2ccccc2Cl)S(=O)(=O)CC1. The predicted molar refractivity (Wildman–Crippen MR) is 120 cm³/mol. The number of sulfone groups is 1. The topological polar surface area (TPSA) is 59.4 Å². The number of benzene rings is 2. The highest BCUT2D eigenvalue weighted by Gasteiger charge is 2.33. The number of rotatable bonds is 4. The van der Waals surface area contributed by atoms with Crippen molar-refractivity contribution in [1.82, 2.24) is 9.47 Å². The Bertz CT molecular complexity index is 1190. The van der Waals surface area contributed by atoms with Crippen molar-refractivity contribution < 1.29 is 13.2 Å². The van der Waals surface area contributed by atoms with E-state index in [9.17, 15) is 13.2 Å². The first kappa shape index (κ1) is 20.9. The van der Waals surface area contributed by atoms with Crippen molar-refractivity contribution >= 4 is 38.2 Å². The minimum absolute atomic E-state index is 0.0119. The molecule has 0 N–H and O–H groups in total. The largest absolute Gasteiger partial charge is 0.344 e. The van der Waals surface area contributed by atoms with E-state index < -0.39 is 15.1 Å². The summed E-state index contributed by atoms with van der Waals surface area (Å²) in [6.45, 7) is 3.26. The Kier molecular flexibility index (Phi) is 5.89. The Balaban J connectivity index is 1.47. The maximum atomic E-state index is 12.9. The van der Waals surface area contributed by atoms with Crippen LogP contribution in [-0.4, -0.2) is 42.6 Å². The number of para-hydroxylation sites is 1. The number of hydrogen-bond donors (Lipinski definition) is 0. The number of aromatic nitrogens is 1. The Hall–Kier alpha value is -2.31. The first-order chi connectivity index (χ1) is 14.4. The molecule has 2 aromatic carbocycles. The van der Waals surface area contributed by atoms with E-state index in [0.717, 1.165) is 16.6 Å². The molecule has 1 saturated heterocycles. The molecule has 30 heavy (non-hydrogen) atoms. The first-order valence-corrected chi connectivity index (χ1v) is 12.2. The Morgan fingerprint density at radius 1 is 1.10 bits per heavy atom. The van der Waals surface area contributed by atoms with Crippen molar-refractivity contribution in [3.8, 4) is 0 Å². The van der Waals surface area contributed by atoms with Crippen molar-refractivity contribution in [2.75, 3.05) is 18.8 Å². The fourth-order valence-corrected chi connectivity index (χ4v) is 6.44. The molecule has 4 rings (SSSR count). The second-order valence-electron chi connectivity index (χ2n) is 7.79. The van der Waals surface area contributed by atoms with Gasteiger partial charge in [0.1, 0.15) is 0 Å². The van der Waals surface area contributed by atoms with E-state index in [2.05, 4.69) is 22.8 Å². The number of nitrogens with zero attached hydrogens (tertiary/aromatic N) is 2. The van der Waals surface area contributed by atoms with Crippen LogP contribution in [0, 0.1) is 6.92 Å². The lowest BCUT2D eigenvalue weighted by atomic mass is 10.1. The Morgan fingerprint density at radius 2 is 1.83 bits per heavy atom. The fraction of sp³-hybridized carbons (Fsp3) is 0.348. The van der Waals surface area contributed by atoms with Gasteiger partial charge < -0.3 is 9.47 Å². The summed E-state index contributed by atoms with van der Waals surface area (Å²) in [6.07, 6.45) is 0.708. The van der Waals surface area contributed by atoms with Gasteiger partial charge in [0.2, 0.25) is 5.91 Å². The highest BCUT2D eigenvalue weighted by atomic mass is 35.5. The van der Waals surface area contributed by atoms with E-state index >= 15 is 0 Å². The number of aryl methyl sites for hydroxylation is 2. The second kappa shape index (κ2) is 8.44. The summed E-state index contributed by atoms with van der Waals surface area (Å²) in [5, 5.41) is 0.950. The van der Waals surface area contributed by atoms with E-state index in [4.69, 9.17) is 11.6 Å². The monoisotopic (exact) mass is 444 g/mol. The summed E-state index contributed by atoms with van der Waals surface area (Å²) in [4.78, 5) is 14.6. The average Bonchev–Trinajstić information content (AvgIpc) is 2.94. The maximum Gasteiger partial charge on any atom is 0.224 e. The van der Waals surface area contributed by atoms with Crippen molar-refractivity contribution in [3.05, 3.63) is 70.9 Å². The van der Waals surface area contributed by atoms with E-state index in [0.29, 0.717) is 36.5 Å². The maximum absolute atomic E-state index is 12.9. The minimum Gasteiger partial charge on any atom is -0.344 e. The van der Waals surface area contributed by atoms with Gasteiger partial charge in [-0.2, -0.15) is 0 Å². The molecule has 0 bridgehead atoms. The molecular formula is C23H25ClN2O3S. The third kappa shape index (κ3) is 4.12. The number of halogens is 1. The van der Waals surface area contributed by atoms with Gasteiger partial charge >= 0.3 is 0 Å². The van der Waals surface area contributed by atoms with Gasteiger partial charge in [0.25, 0.3) is 0 Å². The van der Waals surface area contributed by atoms with Crippen LogP contribution in [0.1, 0.15) is 29.3 Å². The van der Waals surface area contributed by atoms with E-state index in [1.807, 2.05) is 19.1 Å². The Labute approximate surface area is 182 Å². The summed E-state index contributed by atoms with van der Waals surface area (Å²) in [6, 6.07) is 17.3. The molecule has 1 amide bonds. The molecule has 1 fully saturated rings. The lowest BCUT2D eigenvalue weighted by molar-refractivity contribution is -0.131. The molecule has 0 unspecified atom stereocenters. The van der Waals surface area contributed by atoms with Crippen LogP contribution in [0.15, 0.2) is 54.6 Å². The molecular weight excluding hydrogens is 420 g/mol. The molecule has 1 aliphatic rings. The van der Waals surface area contributed by atoms with Gasteiger partial charge in [0.05, 0.1) is 11.0 Å². The van der Waals surface area contributed by atoms with Gasteiger partial charge in [0.15, 0.2) is 9.84 Å². The highest BCUT2D eigenvalue weighted by molar-refractivity contribution is 7.91. The van der Waals surface area contributed by atoms with Crippen molar-refractivity contribution in [2.24, 2.45) is 0 Å². The number of carbonyl (C=O) groups excluding carboxylic acids is 1. The predicted octanol–water partition coefficient (Wildman–Crippen LogP) is 4.38. The minimum atomic E-state index is -3.38. The summed E-state index contributed by atoms with van der Waals surface area (Å²) in [5.74, 6) is -0.0534. The fourth-order valence-electron chi connectivity index (χ4n) is 4.29. The zero-order valence-electron chi connectivity index (χ0n) is 16.9. The van der Waals surface area contributed by atoms with Crippen LogP contribution < -0.4 is 0 Å². The molecule has 0 radical (unpaired) electrons. The number of fused-ring (bicyclic) bond motifs is 1. The van der Waals surface area contributed by atoms with E-state index in [-0.39, 0.29) is 18.2 Å². The van der Waals surface area contributed by atoms with Gasteiger partial charge in [-0.15, -0.1) is 0 Å².